The van der Waals surface area contributed by atoms with E-state index in [4.69, 9.17) is 10.5 Å². The highest BCUT2D eigenvalue weighted by Crippen LogP contribution is 2.27. The van der Waals surface area contributed by atoms with Gasteiger partial charge in [0, 0.05) is 19.3 Å². The minimum atomic E-state index is -0.170. The Balaban J connectivity index is 0.00000264. The maximum atomic E-state index is 11.6. The number of amides is 1. The second-order valence-electron chi connectivity index (χ2n) is 5.32. The first-order valence-electron chi connectivity index (χ1n) is 7.64. The van der Waals surface area contributed by atoms with Gasteiger partial charge < -0.3 is 21.1 Å². The third-order valence-corrected chi connectivity index (χ3v) is 3.68. The van der Waals surface area contributed by atoms with Gasteiger partial charge in [0.15, 0.2) is 5.96 Å². The van der Waals surface area contributed by atoms with E-state index < -0.39 is 0 Å². The molecule has 128 valence electrons. The minimum Gasteiger partial charge on any atom is -0.383 e. The molecule has 0 saturated carbocycles. The highest BCUT2D eigenvalue weighted by atomic mass is 127. The lowest BCUT2D eigenvalue weighted by molar-refractivity contribution is -0.119. The van der Waals surface area contributed by atoms with Gasteiger partial charge in [-0.3, -0.25) is 4.79 Å². The van der Waals surface area contributed by atoms with Crippen LogP contribution >= 0.6 is 24.0 Å². The first-order valence-corrected chi connectivity index (χ1v) is 7.64. The number of carbonyl (C=O) groups is 1. The maximum Gasteiger partial charge on any atom is 0.241 e. The third-order valence-electron chi connectivity index (χ3n) is 3.68. The molecule has 0 unspecified atom stereocenters. The second-order valence-corrected chi connectivity index (χ2v) is 5.32. The molecule has 0 spiro atoms. The highest BCUT2D eigenvalue weighted by molar-refractivity contribution is 14.0. The molecule has 1 amide bonds. The van der Waals surface area contributed by atoms with Crippen LogP contribution in [0.2, 0.25) is 0 Å². The van der Waals surface area contributed by atoms with Gasteiger partial charge in [0.25, 0.3) is 0 Å². The number of nitrogens with one attached hydrogen (secondary N) is 2. The number of guanidine groups is 1. The molecular weight excluding hydrogens is 407 g/mol. The Morgan fingerprint density at radius 2 is 2.13 bits per heavy atom. The van der Waals surface area contributed by atoms with Crippen molar-refractivity contribution in [1.82, 2.24) is 5.32 Å². The van der Waals surface area contributed by atoms with Crippen LogP contribution in [0, 0.1) is 0 Å². The molecule has 0 radical (unpaired) electrons. The van der Waals surface area contributed by atoms with Gasteiger partial charge in [-0.2, -0.15) is 0 Å². The lowest BCUT2D eigenvalue weighted by Crippen LogP contribution is -2.31. The summed E-state index contributed by atoms with van der Waals surface area (Å²) in [5, 5.41) is 5.81. The lowest BCUT2D eigenvalue weighted by Gasteiger charge is -2.19. The van der Waals surface area contributed by atoms with Crippen molar-refractivity contribution < 1.29 is 9.53 Å². The fourth-order valence-corrected chi connectivity index (χ4v) is 2.58. The average Bonchev–Trinajstić information content (AvgIpc) is 2.54. The van der Waals surface area contributed by atoms with E-state index in [9.17, 15) is 4.79 Å². The number of hydrogen-bond acceptors (Lipinski definition) is 3. The van der Waals surface area contributed by atoms with Crippen molar-refractivity contribution in [3.05, 3.63) is 29.3 Å². The molecule has 2 rings (SSSR count). The molecule has 0 fully saturated rings. The zero-order valence-electron chi connectivity index (χ0n) is 13.4. The second kappa shape index (κ2) is 10.4. The number of anilines is 1. The predicted molar refractivity (Wildman–Crippen MR) is 103 cm³/mol. The summed E-state index contributed by atoms with van der Waals surface area (Å²) < 4.78 is 4.86. The normalized spacial score (nSPS) is 13.7. The van der Waals surface area contributed by atoms with Gasteiger partial charge in [0.1, 0.15) is 6.54 Å². The van der Waals surface area contributed by atoms with Crippen LogP contribution < -0.4 is 16.4 Å². The van der Waals surface area contributed by atoms with E-state index in [1.807, 2.05) is 12.1 Å². The largest absolute Gasteiger partial charge is 0.383 e. The molecule has 1 aromatic rings. The number of carbonyl (C=O) groups excluding carboxylic acids is 1. The molecule has 0 heterocycles. The topological polar surface area (TPSA) is 88.7 Å². The highest BCUT2D eigenvalue weighted by Gasteiger charge is 2.13. The van der Waals surface area contributed by atoms with E-state index in [1.54, 1.807) is 7.11 Å². The molecule has 0 atom stereocenters. The molecule has 1 aromatic carbocycles. The number of nitrogens with zero attached hydrogens (tertiary/aromatic N) is 1. The van der Waals surface area contributed by atoms with Crippen molar-refractivity contribution in [3.8, 4) is 0 Å². The number of methoxy groups -OCH3 is 1. The van der Waals surface area contributed by atoms with Gasteiger partial charge in [-0.05, 0) is 42.9 Å². The van der Waals surface area contributed by atoms with Gasteiger partial charge in [-0.1, -0.05) is 12.1 Å². The molecule has 1 aliphatic carbocycles. The van der Waals surface area contributed by atoms with E-state index in [0.717, 1.165) is 18.5 Å². The Hall–Kier alpha value is -1.35. The molecule has 23 heavy (non-hydrogen) atoms. The van der Waals surface area contributed by atoms with Gasteiger partial charge in [-0.25, -0.2) is 4.99 Å². The van der Waals surface area contributed by atoms with Gasteiger partial charge in [0.05, 0.1) is 6.61 Å². The molecule has 4 N–H and O–H groups in total. The average molecular weight is 432 g/mol. The Morgan fingerprint density at radius 1 is 1.35 bits per heavy atom. The fourth-order valence-electron chi connectivity index (χ4n) is 2.58. The Labute approximate surface area is 154 Å². The van der Waals surface area contributed by atoms with Crippen LogP contribution in [0.5, 0.6) is 0 Å². The maximum absolute atomic E-state index is 11.6. The van der Waals surface area contributed by atoms with E-state index in [1.165, 1.54) is 24.0 Å². The number of hydrogen-bond donors (Lipinski definition) is 3. The summed E-state index contributed by atoms with van der Waals surface area (Å²) >= 11 is 0. The summed E-state index contributed by atoms with van der Waals surface area (Å²) in [4.78, 5) is 15.6. The SMILES string of the molecule is COCCNC(=O)CN=C(N)Nc1cccc2c1CCCC2.I. The van der Waals surface area contributed by atoms with Crippen LogP contribution in [0.15, 0.2) is 23.2 Å². The molecule has 6 nitrogen and oxygen atoms in total. The summed E-state index contributed by atoms with van der Waals surface area (Å²) in [6.07, 6.45) is 4.61. The number of benzene rings is 1. The van der Waals surface area contributed by atoms with Crippen LogP contribution in [0.3, 0.4) is 0 Å². The van der Waals surface area contributed by atoms with Crippen LogP contribution in [0.25, 0.3) is 0 Å². The number of aryl methyl sites for hydroxylation is 1. The van der Waals surface area contributed by atoms with Gasteiger partial charge in [0.2, 0.25) is 5.91 Å². The predicted octanol–water partition coefficient (Wildman–Crippen LogP) is 1.67. The van der Waals surface area contributed by atoms with Crippen LogP contribution in [-0.2, 0) is 22.4 Å². The van der Waals surface area contributed by atoms with E-state index in [0.29, 0.717) is 13.2 Å². The summed E-state index contributed by atoms with van der Waals surface area (Å²) in [7, 11) is 1.59. The zero-order valence-corrected chi connectivity index (χ0v) is 15.8. The Kier molecular flexibility index (Phi) is 8.93. The van der Waals surface area contributed by atoms with Gasteiger partial charge >= 0.3 is 0 Å². The summed E-state index contributed by atoms with van der Waals surface area (Å²) in [6, 6.07) is 6.19. The third kappa shape index (κ3) is 6.34. The standard InChI is InChI=1S/C16H24N4O2.HI/c1-22-10-9-18-15(21)11-19-16(17)20-14-8-4-6-12-5-2-3-7-13(12)14;/h4,6,8H,2-3,5,7,9-11H2,1H3,(H,18,21)(H3,17,19,20);1H. The number of aliphatic imine (C=N–C) groups is 1. The minimum absolute atomic E-state index is 0. The van der Waals surface area contributed by atoms with Crippen molar-refractivity contribution in [3.63, 3.8) is 0 Å². The molecular formula is C16H25IN4O2. The van der Waals surface area contributed by atoms with Crippen LogP contribution in [-0.4, -0.2) is 38.7 Å². The number of ether oxygens (including phenoxy) is 1. The van der Waals surface area contributed by atoms with Gasteiger partial charge in [-0.15, -0.1) is 24.0 Å². The molecule has 0 bridgehead atoms. The van der Waals surface area contributed by atoms with Crippen LogP contribution in [0.1, 0.15) is 24.0 Å². The van der Waals surface area contributed by atoms with E-state index in [-0.39, 0.29) is 42.4 Å². The van der Waals surface area contributed by atoms with Crippen molar-refractivity contribution in [1.29, 1.82) is 0 Å². The molecule has 0 aromatic heterocycles. The van der Waals surface area contributed by atoms with Crippen molar-refractivity contribution >= 4 is 41.5 Å². The number of nitrogens with two attached hydrogens (primary N) is 1. The van der Waals surface area contributed by atoms with Crippen LogP contribution in [0.4, 0.5) is 5.69 Å². The van der Waals surface area contributed by atoms with E-state index >= 15 is 0 Å². The fraction of sp³-hybridized carbons (Fsp3) is 0.500. The van der Waals surface area contributed by atoms with Crippen molar-refractivity contribution in [2.45, 2.75) is 25.7 Å². The van der Waals surface area contributed by atoms with Crippen molar-refractivity contribution in [2.24, 2.45) is 10.7 Å². The van der Waals surface area contributed by atoms with E-state index in [2.05, 4.69) is 21.7 Å². The molecule has 0 aliphatic heterocycles. The number of fused-ring (bicyclic) bond motifs is 1. The molecule has 0 saturated heterocycles. The Bertz CT molecular complexity index is 549. The first kappa shape index (κ1) is 19.7. The smallest absolute Gasteiger partial charge is 0.241 e. The monoisotopic (exact) mass is 432 g/mol. The molecule has 7 heteroatoms. The zero-order chi connectivity index (χ0) is 15.8. The molecule has 1 aliphatic rings. The summed E-state index contributed by atoms with van der Waals surface area (Å²) in [6.45, 7) is 0.974. The lowest BCUT2D eigenvalue weighted by atomic mass is 9.90. The number of halogens is 1. The Morgan fingerprint density at radius 3 is 2.91 bits per heavy atom. The quantitative estimate of drug-likeness (QED) is 0.276. The first-order chi connectivity index (χ1) is 10.7. The summed E-state index contributed by atoms with van der Waals surface area (Å²) in [5.41, 5.74) is 9.57. The summed E-state index contributed by atoms with van der Waals surface area (Å²) in [5.74, 6) is 0.0951. The van der Waals surface area contributed by atoms with Crippen molar-refractivity contribution in [2.75, 3.05) is 32.1 Å². The number of rotatable bonds is 6.